The molecule has 2 N–H and O–H groups in total. The lowest BCUT2D eigenvalue weighted by atomic mass is 10.2. The highest BCUT2D eigenvalue weighted by Gasteiger charge is 2.22. The van der Waals surface area contributed by atoms with Crippen molar-refractivity contribution in [2.75, 3.05) is 13.2 Å². The summed E-state index contributed by atoms with van der Waals surface area (Å²) in [6.07, 6.45) is 0. The van der Waals surface area contributed by atoms with Crippen molar-refractivity contribution in [1.82, 2.24) is 4.72 Å². The zero-order valence-corrected chi connectivity index (χ0v) is 13.4. The average Bonchev–Trinajstić information content (AvgIpc) is 2.24. The van der Waals surface area contributed by atoms with E-state index in [1.54, 1.807) is 6.92 Å². The van der Waals surface area contributed by atoms with Crippen molar-refractivity contribution >= 4 is 49.2 Å². The maximum absolute atomic E-state index is 12.0. The minimum atomic E-state index is -3.79. The molecule has 0 amide bonds. The standard InChI is InChI=1S/C10H12BrCl2NO3S/c1-6(5-15)4-14-18(16,17)10-8(12)2-7(11)3-9(10)13/h2-3,6,14-15H,4-5H2,1H3. The SMILES string of the molecule is CC(CO)CNS(=O)(=O)c1c(Cl)cc(Br)cc1Cl. The molecule has 1 atom stereocenters. The van der Waals surface area contributed by atoms with E-state index in [1.165, 1.54) is 12.1 Å². The topological polar surface area (TPSA) is 66.4 Å². The molecule has 0 aliphatic rings. The minimum absolute atomic E-state index is 0.0403. The van der Waals surface area contributed by atoms with Crippen LogP contribution < -0.4 is 4.72 Å². The monoisotopic (exact) mass is 375 g/mol. The maximum atomic E-state index is 12.0. The lowest BCUT2D eigenvalue weighted by Crippen LogP contribution is -2.30. The highest BCUT2D eigenvalue weighted by atomic mass is 79.9. The van der Waals surface area contributed by atoms with Gasteiger partial charge in [-0.2, -0.15) is 0 Å². The zero-order valence-electron chi connectivity index (χ0n) is 9.45. The van der Waals surface area contributed by atoms with Gasteiger partial charge in [0.05, 0.1) is 10.0 Å². The van der Waals surface area contributed by atoms with E-state index in [0.29, 0.717) is 4.47 Å². The van der Waals surface area contributed by atoms with Gasteiger partial charge in [-0.25, -0.2) is 13.1 Å². The first kappa shape index (κ1) is 16.2. The Hall–Kier alpha value is 0.150. The van der Waals surface area contributed by atoms with Crippen molar-refractivity contribution in [3.63, 3.8) is 0 Å². The highest BCUT2D eigenvalue weighted by molar-refractivity contribution is 9.10. The van der Waals surface area contributed by atoms with Gasteiger partial charge in [0, 0.05) is 17.6 Å². The van der Waals surface area contributed by atoms with E-state index in [-0.39, 0.29) is 34.0 Å². The molecule has 18 heavy (non-hydrogen) atoms. The largest absolute Gasteiger partial charge is 0.396 e. The van der Waals surface area contributed by atoms with Crippen LogP contribution in [0.15, 0.2) is 21.5 Å². The molecular weight excluding hydrogens is 365 g/mol. The van der Waals surface area contributed by atoms with Crippen molar-refractivity contribution in [3.05, 3.63) is 26.7 Å². The van der Waals surface area contributed by atoms with E-state index < -0.39 is 10.0 Å². The molecule has 0 aliphatic carbocycles. The molecule has 0 saturated carbocycles. The number of halogens is 3. The number of aliphatic hydroxyl groups is 1. The van der Waals surface area contributed by atoms with Gasteiger partial charge in [0.25, 0.3) is 0 Å². The molecular formula is C10H12BrCl2NO3S. The minimum Gasteiger partial charge on any atom is -0.396 e. The third-order valence-corrected chi connectivity index (χ3v) is 4.97. The lowest BCUT2D eigenvalue weighted by molar-refractivity contribution is 0.238. The van der Waals surface area contributed by atoms with Gasteiger partial charge < -0.3 is 5.11 Å². The lowest BCUT2D eigenvalue weighted by Gasteiger charge is -2.12. The van der Waals surface area contributed by atoms with Crippen LogP contribution in [0.4, 0.5) is 0 Å². The first-order valence-electron chi connectivity index (χ1n) is 5.03. The summed E-state index contributed by atoms with van der Waals surface area (Å²) in [6, 6.07) is 2.91. The van der Waals surface area contributed by atoms with Crippen LogP contribution in [-0.4, -0.2) is 26.7 Å². The van der Waals surface area contributed by atoms with Crippen LogP contribution in [0.1, 0.15) is 6.92 Å². The van der Waals surface area contributed by atoms with E-state index in [4.69, 9.17) is 28.3 Å². The summed E-state index contributed by atoms with van der Waals surface area (Å²) in [4.78, 5) is -0.154. The fraction of sp³-hybridized carbons (Fsp3) is 0.400. The molecule has 1 aromatic rings. The molecule has 0 aromatic heterocycles. The van der Waals surface area contributed by atoms with Crippen LogP contribution >= 0.6 is 39.1 Å². The Morgan fingerprint density at radius 3 is 2.33 bits per heavy atom. The first-order chi connectivity index (χ1) is 8.27. The summed E-state index contributed by atoms with van der Waals surface area (Å²) in [5, 5.41) is 8.94. The number of hydrogen-bond donors (Lipinski definition) is 2. The van der Waals surface area contributed by atoms with Gasteiger partial charge in [-0.05, 0) is 18.1 Å². The molecule has 102 valence electrons. The van der Waals surface area contributed by atoms with Crippen molar-refractivity contribution in [2.45, 2.75) is 11.8 Å². The van der Waals surface area contributed by atoms with Crippen molar-refractivity contribution in [2.24, 2.45) is 5.92 Å². The maximum Gasteiger partial charge on any atom is 0.243 e. The second kappa shape index (κ2) is 6.54. The van der Waals surface area contributed by atoms with Crippen molar-refractivity contribution in [3.8, 4) is 0 Å². The van der Waals surface area contributed by atoms with Gasteiger partial charge in [-0.15, -0.1) is 0 Å². The fourth-order valence-electron chi connectivity index (χ4n) is 1.17. The van der Waals surface area contributed by atoms with Crippen LogP contribution in [-0.2, 0) is 10.0 Å². The molecule has 1 unspecified atom stereocenters. The average molecular weight is 377 g/mol. The molecule has 0 fully saturated rings. The van der Waals surface area contributed by atoms with E-state index in [2.05, 4.69) is 20.7 Å². The summed E-state index contributed by atoms with van der Waals surface area (Å²) in [7, 11) is -3.79. The Labute approximate surface area is 124 Å². The van der Waals surface area contributed by atoms with Gasteiger partial charge >= 0.3 is 0 Å². The molecule has 1 aromatic carbocycles. The fourth-order valence-corrected chi connectivity index (χ4v) is 4.27. The zero-order chi connectivity index (χ0) is 13.9. The predicted molar refractivity (Wildman–Crippen MR) is 75.6 cm³/mol. The molecule has 8 heteroatoms. The molecule has 0 saturated heterocycles. The van der Waals surface area contributed by atoms with Gasteiger partial charge in [-0.1, -0.05) is 46.1 Å². The predicted octanol–water partition coefficient (Wildman–Crippen LogP) is 2.66. The van der Waals surface area contributed by atoms with Gasteiger partial charge in [-0.3, -0.25) is 0 Å². The third-order valence-electron chi connectivity index (χ3n) is 2.17. The highest BCUT2D eigenvalue weighted by Crippen LogP contribution is 2.32. The normalized spacial score (nSPS) is 13.6. The quantitative estimate of drug-likeness (QED) is 0.830. The van der Waals surface area contributed by atoms with Gasteiger partial charge in [0.2, 0.25) is 10.0 Å². The summed E-state index contributed by atoms with van der Waals surface area (Å²) >= 11 is 14.9. The van der Waals surface area contributed by atoms with Crippen molar-refractivity contribution < 1.29 is 13.5 Å². The number of nitrogens with one attached hydrogen (secondary N) is 1. The Bertz CT molecular complexity index is 513. The molecule has 0 aliphatic heterocycles. The summed E-state index contributed by atoms with van der Waals surface area (Å²) in [5.74, 6) is -0.187. The Morgan fingerprint density at radius 1 is 1.39 bits per heavy atom. The Balaban J connectivity index is 3.06. The molecule has 0 heterocycles. The van der Waals surface area contributed by atoms with Gasteiger partial charge in [0.1, 0.15) is 4.90 Å². The number of benzene rings is 1. The van der Waals surface area contributed by atoms with Crippen LogP contribution in [0.5, 0.6) is 0 Å². The van der Waals surface area contributed by atoms with Crippen LogP contribution in [0.3, 0.4) is 0 Å². The second-order valence-electron chi connectivity index (χ2n) is 3.84. The van der Waals surface area contributed by atoms with E-state index in [0.717, 1.165) is 0 Å². The van der Waals surface area contributed by atoms with E-state index in [9.17, 15) is 8.42 Å². The van der Waals surface area contributed by atoms with Crippen molar-refractivity contribution in [1.29, 1.82) is 0 Å². The van der Waals surface area contributed by atoms with Gasteiger partial charge in [0.15, 0.2) is 0 Å². The molecule has 0 radical (unpaired) electrons. The van der Waals surface area contributed by atoms with E-state index >= 15 is 0 Å². The molecule has 0 bridgehead atoms. The summed E-state index contributed by atoms with van der Waals surface area (Å²) < 4.78 is 27.0. The number of hydrogen-bond acceptors (Lipinski definition) is 3. The molecule has 0 spiro atoms. The molecule has 4 nitrogen and oxygen atoms in total. The third kappa shape index (κ3) is 4.08. The smallest absolute Gasteiger partial charge is 0.243 e. The Kier molecular flexibility index (Phi) is 5.89. The number of rotatable bonds is 5. The van der Waals surface area contributed by atoms with Crippen LogP contribution in [0, 0.1) is 5.92 Å². The van der Waals surface area contributed by atoms with E-state index in [1.807, 2.05) is 0 Å². The summed E-state index contributed by atoms with van der Waals surface area (Å²) in [6.45, 7) is 1.72. The molecule has 1 rings (SSSR count). The number of sulfonamides is 1. The second-order valence-corrected chi connectivity index (χ2v) is 7.27. The number of aliphatic hydroxyl groups excluding tert-OH is 1. The van der Waals surface area contributed by atoms with Crippen LogP contribution in [0.25, 0.3) is 0 Å². The summed E-state index contributed by atoms with van der Waals surface area (Å²) in [5.41, 5.74) is 0. The Morgan fingerprint density at radius 2 is 1.89 bits per heavy atom. The van der Waals surface area contributed by atoms with Crippen LogP contribution in [0.2, 0.25) is 10.0 Å². The first-order valence-corrected chi connectivity index (χ1v) is 8.06.